The van der Waals surface area contributed by atoms with Crippen LogP contribution in [0.1, 0.15) is 171 Å². The maximum atomic E-state index is 2.76. The van der Waals surface area contributed by atoms with Crippen molar-refractivity contribution in [2.75, 3.05) is 0 Å². The fraction of sp³-hybridized carbons (Fsp3) is 0.600. The molecule has 236 valence electrons. The molecule has 1 saturated heterocycles. The van der Waals surface area contributed by atoms with Crippen LogP contribution in [0.25, 0.3) is 12.2 Å². The van der Waals surface area contributed by atoms with Gasteiger partial charge in [-0.3, -0.25) is 0 Å². The molecule has 2 aromatic carbocycles. The molecule has 0 N–H and O–H groups in total. The molecule has 2 aliphatic carbocycles. The molecule has 0 amide bonds. The summed E-state index contributed by atoms with van der Waals surface area (Å²) in [5, 5.41) is 0. The summed E-state index contributed by atoms with van der Waals surface area (Å²) in [6.07, 6.45) is 8.01. The second kappa shape index (κ2) is 14.0. The first-order valence-corrected chi connectivity index (χ1v) is 26.4. The van der Waals surface area contributed by atoms with Gasteiger partial charge in [-0.25, -0.2) is 0 Å². The van der Waals surface area contributed by atoms with Gasteiger partial charge in [-0.1, -0.05) is 0 Å². The molecule has 0 nitrogen and oxygen atoms in total. The summed E-state index contributed by atoms with van der Waals surface area (Å²) >= 11 is -3.02. The van der Waals surface area contributed by atoms with Crippen LogP contribution < -0.4 is 24.8 Å². The van der Waals surface area contributed by atoms with Crippen LogP contribution in [0.15, 0.2) is 35.4 Å². The summed E-state index contributed by atoms with van der Waals surface area (Å²) in [6, 6.07) is 10.1. The molecule has 0 bridgehead atoms. The molecule has 4 atom stereocenters. The average molecular weight is 788 g/mol. The van der Waals surface area contributed by atoms with E-state index in [2.05, 4.69) is 120 Å². The van der Waals surface area contributed by atoms with Crippen LogP contribution in [0, 0.1) is 11.8 Å². The van der Waals surface area contributed by atoms with Crippen LogP contribution >= 0.6 is 0 Å². The van der Waals surface area contributed by atoms with E-state index in [-0.39, 0.29) is 24.8 Å². The normalized spacial score (nSPS) is 20.6. The van der Waals surface area contributed by atoms with Gasteiger partial charge in [0, 0.05) is 0 Å². The van der Waals surface area contributed by atoms with E-state index in [4.69, 9.17) is 0 Å². The first-order valence-electron chi connectivity index (χ1n) is 17.2. The maximum Gasteiger partial charge on any atom is -1.00 e. The van der Waals surface area contributed by atoms with Crippen molar-refractivity contribution in [3.05, 3.63) is 79.9 Å². The molecular formula is C40H58Cl2Hf. The van der Waals surface area contributed by atoms with Gasteiger partial charge < -0.3 is 24.8 Å². The molecule has 0 radical (unpaired) electrons. The molecule has 0 spiro atoms. The number of hydrogen-bond donors (Lipinski definition) is 0. The Morgan fingerprint density at radius 2 is 0.837 bits per heavy atom. The van der Waals surface area contributed by atoms with E-state index < -0.39 is 20.0 Å². The van der Waals surface area contributed by atoms with E-state index in [0.29, 0.717) is 35.5 Å². The van der Waals surface area contributed by atoms with E-state index in [9.17, 15) is 0 Å². The Kier molecular flexibility index (Phi) is 12.0. The molecule has 0 saturated carbocycles. The zero-order valence-electron chi connectivity index (χ0n) is 29.2. The largest absolute Gasteiger partial charge is 1.00 e. The predicted molar refractivity (Wildman–Crippen MR) is 179 cm³/mol. The fourth-order valence-electron chi connectivity index (χ4n) is 8.61. The number of hydrogen-bond acceptors (Lipinski definition) is 0. The molecule has 0 aromatic heterocycles. The molecule has 2 aromatic rings. The van der Waals surface area contributed by atoms with Crippen LogP contribution in [-0.2, 0) is 20.0 Å². The SMILES string of the molecule is CCC(C)C1=Cc2c(C(C)C)ccc(C(C)C)c2[CH]1[Hf+2]1([CH]2C(C(C)CC)=Cc3c(C(C)C)ccc(C(C)C)c32)[CH2][CH2]1.[Cl-].[Cl-]. The van der Waals surface area contributed by atoms with Crippen LogP contribution in [-0.4, -0.2) is 0 Å². The number of benzene rings is 2. The Morgan fingerprint density at radius 3 is 1.09 bits per heavy atom. The Morgan fingerprint density at radius 1 is 0.535 bits per heavy atom. The minimum absolute atomic E-state index is 0. The van der Waals surface area contributed by atoms with Gasteiger partial charge in [-0.15, -0.1) is 0 Å². The third-order valence-electron chi connectivity index (χ3n) is 11.4. The fourth-order valence-corrected chi connectivity index (χ4v) is 37.3. The van der Waals surface area contributed by atoms with Crippen molar-refractivity contribution in [2.24, 2.45) is 11.8 Å². The van der Waals surface area contributed by atoms with Gasteiger partial charge in [0.1, 0.15) is 0 Å². The zero-order chi connectivity index (χ0) is 30.0. The average Bonchev–Trinajstić information content (AvgIpc) is 3.45. The molecule has 43 heavy (non-hydrogen) atoms. The van der Waals surface area contributed by atoms with Crippen molar-refractivity contribution in [1.82, 2.24) is 0 Å². The van der Waals surface area contributed by atoms with Gasteiger partial charge in [-0.05, 0) is 0 Å². The minimum atomic E-state index is -3.02. The van der Waals surface area contributed by atoms with Crippen molar-refractivity contribution in [1.29, 1.82) is 0 Å². The molecule has 1 heterocycles. The summed E-state index contributed by atoms with van der Waals surface area (Å²) < 4.78 is 4.62. The molecule has 5 rings (SSSR count). The molecule has 4 unspecified atom stereocenters. The predicted octanol–water partition coefficient (Wildman–Crippen LogP) is 6.86. The number of fused-ring (bicyclic) bond motifs is 2. The minimum Gasteiger partial charge on any atom is -1.00 e. The van der Waals surface area contributed by atoms with E-state index in [1.54, 1.807) is 41.7 Å². The molecule has 1 aliphatic heterocycles. The van der Waals surface area contributed by atoms with E-state index >= 15 is 0 Å². The number of allylic oxidation sites excluding steroid dienone is 2. The van der Waals surface area contributed by atoms with Gasteiger partial charge in [0.15, 0.2) is 0 Å². The first-order chi connectivity index (χ1) is 19.4. The van der Waals surface area contributed by atoms with Crippen LogP contribution in [0.2, 0.25) is 8.35 Å². The second-order valence-corrected chi connectivity index (χ2v) is 31.9. The standard InChI is InChI=1S/2C19H27.C2H4.2ClH.Hf/c2*1-7-14(6)15-10-18-16(12(2)3)8-9-17(13(4)5)19(18)11-15;1-2;;;/h2*8-14H,7H2,1-6H3;1-2H2;2*1H;/q;;;;;+2/p-2. The monoisotopic (exact) mass is 788 g/mol. The van der Waals surface area contributed by atoms with E-state index in [0.717, 1.165) is 7.35 Å². The third-order valence-corrected chi connectivity index (χ3v) is 30.1. The third kappa shape index (κ3) is 6.12. The Hall–Kier alpha value is -0.630. The smallest absolute Gasteiger partial charge is 1.00 e. The molecular weight excluding hydrogens is 730 g/mol. The second-order valence-electron chi connectivity index (χ2n) is 15.3. The van der Waals surface area contributed by atoms with Crippen molar-refractivity contribution in [3.8, 4) is 0 Å². The summed E-state index contributed by atoms with van der Waals surface area (Å²) in [5.41, 5.74) is 17.1. The van der Waals surface area contributed by atoms with Gasteiger partial charge in [0.05, 0.1) is 0 Å². The number of rotatable bonds is 10. The number of halogens is 2. The van der Waals surface area contributed by atoms with Gasteiger partial charge >= 0.3 is 259 Å². The summed E-state index contributed by atoms with van der Waals surface area (Å²) in [6.45, 7) is 29.4. The Labute approximate surface area is 282 Å². The van der Waals surface area contributed by atoms with Crippen LogP contribution in [0.4, 0.5) is 0 Å². The summed E-state index contributed by atoms with van der Waals surface area (Å²) in [7, 11) is 0. The molecule has 3 heteroatoms. The molecule has 1 fully saturated rings. The quantitative estimate of drug-likeness (QED) is 0.231. The van der Waals surface area contributed by atoms with Crippen LogP contribution in [0.5, 0.6) is 0 Å². The summed E-state index contributed by atoms with van der Waals surface area (Å²) in [4.78, 5) is 0. The van der Waals surface area contributed by atoms with Gasteiger partial charge in [0.2, 0.25) is 0 Å². The Balaban J connectivity index is 0.00000253. The van der Waals surface area contributed by atoms with Crippen molar-refractivity contribution < 1.29 is 44.8 Å². The van der Waals surface area contributed by atoms with E-state index in [1.165, 1.54) is 12.8 Å². The van der Waals surface area contributed by atoms with Gasteiger partial charge in [-0.2, -0.15) is 0 Å². The topological polar surface area (TPSA) is 0 Å². The van der Waals surface area contributed by atoms with Crippen molar-refractivity contribution >= 4 is 12.2 Å². The van der Waals surface area contributed by atoms with Crippen LogP contribution in [0.3, 0.4) is 0 Å². The van der Waals surface area contributed by atoms with E-state index in [1.807, 2.05) is 22.3 Å². The van der Waals surface area contributed by atoms with Gasteiger partial charge in [0.25, 0.3) is 0 Å². The van der Waals surface area contributed by atoms with Crippen molar-refractivity contribution in [3.63, 3.8) is 0 Å². The molecule has 3 aliphatic rings. The summed E-state index contributed by atoms with van der Waals surface area (Å²) in [5.74, 6) is 3.59. The first kappa shape index (κ1) is 36.8. The maximum absolute atomic E-state index is 3.02. The Bertz CT molecular complexity index is 1270. The van der Waals surface area contributed by atoms with Crippen molar-refractivity contribution in [2.45, 2.75) is 135 Å². The zero-order valence-corrected chi connectivity index (χ0v) is 34.3.